The topological polar surface area (TPSA) is 50.2 Å². The van der Waals surface area contributed by atoms with E-state index in [0.29, 0.717) is 13.0 Å². The van der Waals surface area contributed by atoms with Gasteiger partial charge in [0.2, 0.25) is 5.91 Å². The minimum absolute atomic E-state index is 0.214. The van der Waals surface area contributed by atoms with E-state index in [4.69, 9.17) is 0 Å². The van der Waals surface area contributed by atoms with Gasteiger partial charge in [0.05, 0.1) is 6.20 Å². The van der Waals surface area contributed by atoms with Gasteiger partial charge in [0.25, 0.3) is 0 Å². The Morgan fingerprint density at radius 1 is 1.50 bits per heavy atom. The molecule has 0 aliphatic rings. The third-order valence-electron chi connectivity index (χ3n) is 3.13. The van der Waals surface area contributed by atoms with Crippen molar-refractivity contribution in [1.82, 2.24) is 20.0 Å². The van der Waals surface area contributed by atoms with Crippen LogP contribution in [0.15, 0.2) is 12.4 Å². The number of carbonyl (C=O) groups is 1. The molecule has 0 fully saturated rings. The summed E-state index contributed by atoms with van der Waals surface area (Å²) in [5, 5.41) is 7.48. The molecule has 0 aliphatic heterocycles. The van der Waals surface area contributed by atoms with Crippen LogP contribution in [0.5, 0.6) is 0 Å². The predicted molar refractivity (Wildman–Crippen MR) is 72.2 cm³/mol. The highest BCUT2D eigenvalue weighted by Crippen LogP contribution is 2.09. The maximum absolute atomic E-state index is 11.8. The van der Waals surface area contributed by atoms with Gasteiger partial charge in [-0.2, -0.15) is 5.10 Å². The fraction of sp³-hybridized carbons (Fsp3) is 0.692. The summed E-state index contributed by atoms with van der Waals surface area (Å²) in [5.74, 6) is 0.214. The second kappa shape index (κ2) is 7.16. The molecule has 0 bridgehead atoms. The van der Waals surface area contributed by atoms with E-state index in [0.717, 1.165) is 18.7 Å². The van der Waals surface area contributed by atoms with Crippen LogP contribution in [0, 0.1) is 0 Å². The summed E-state index contributed by atoms with van der Waals surface area (Å²) in [5.41, 5.74) is 1.15. The first-order valence-corrected chi connectivity index (χ1v) is 6.58. The Balaban J connectivity index is 2.31. The Morgan fingerprint density at radius 3 is 2.67 bits per heavy atom. The molecule has 1 aromatic heterocycles. The van der Waals surface area contributed by atoms with E-state index >= 15 is 0 Å². The standard InChI is InChI=1S/C13H24N4O/c1-5-17(6-2)13(18)7-8-14-11(3)12-9-15-16(4)10-12/h9-11,14H,5-8H2,1-4H3. The maximum Gasteiger partial charge on any atom is 0.223 e. The lowest BCUT2D eigenvalue weighted by Crippen LogP contribution is -2.33. The van der Waals surface area contributed by atoms with E-state index in [1.54, 1.807) is 4.68 Å². The number of hydrogen-bond donors (Lipinski definition) is 1. The van der Waals surface area contributed by atoms with Crippen LogP contribution in [-0.4, -0.2) is 40.2 Å². The van der Waals surface area contributed by atoms with Crippen molar-refractivity contribution in [2.45, 2.75) is 33.2 Å². The number of nitrogens with zero attached hydrogens (tertiary/aromatic N) is 3. The third kappa shape index (κ3) is 4.14. The average Bonchev–Trinajstić information content (AvgIpc) is 2.77. The number of amides is 1. The van der Waals surface area contributed by atoms with Crippen LogP contribution in [0.1, 0.15) is 38.8 Å². The predicted octanol–water partition coefficient (Wildman–Crippen LogP) is 1.33. The summed E-state index contributed by atoms with van der Waals surface area (Å²) in [6.07, 6.45) is 4.39. The number of aryl methyl sites for hydroxylation is 1. The Labute approximate surface area is 109 Å². The van der Waals surface area contributed by atoms with E-state index in [-0.39, 0.29) is 11.9 Å². The van der Waals surface area contributed by atoms with Gasteiger partial charge in [-0.25, -0.2) is 0 Å². The number of hydrogen-bond acceptors (Lipinski definition) is 3. The number of aromatic nitrogens is 2. The smallest absolute Gasteiger partial charge is 0.223 e. The summed E-state index contributed by atoms with van der Waals surface area (Å²) >= 11 is 0. The molecule has 1 N–H and O–H groups in total. The average molecular weight is 252 g/mol. The Hall–Kier alpha value is -1.36. The van der Waals surface area contributed by atoms with E-state index in [2.05, 4.69) is 17.3 Å². The van der Waals surface area contributed by atoms with Crippen molar-refractivity contribution in [2.24, 2.45) is 7.05 Å². The molecule has 0 spiro atoms. The van der Waals surface area contributed by atoms with Gasteiger partial charge in [-0.1, -0.05) is 0 Å². The van der Waals surface area contributed by atoms with Crippen molar-refractivity contribution in [3.8, 4) is 0 Å². The first-order chi connectivity index (χ1) is 8.58. The van der Waals surface area contributed by atoms with Crippen molar-refractivity contribution >= 4 is 5.91 Å². The Bertz CT molecular complexity index is 371. The van der Waals surface area contributed by atoms with Crippen LogP contribution in [0.2, 0.25) is 0 Å². The van der Waals surface area contributed by atoms with Gasteiger partial charge >= 0.3 is 0 Å². The van der Waals surface area contributed by atoms with Gasteiger partial charge in [-0.05, 0) is 20.8 Å². The normalized spacial score (nSPS) is 12.4. The summed E-state index contributed by atoms with van der Waals surface area (Å²) in [6.45, 7) is 8.37. The van der Waals surface area contributed by atoms with Crippen molar-refractivity contribution in [1.29, 1.82) is 0 Å². The van der Waals surface area contributed by atoms with Crippen molar-refractivity contribution in [2.75, 3.05) is 19.6 Å². The SMILES string of the molecule is CCN(CC)C(=O)CCNC(C)c1cnn(C)c1. The molecule has 1 rings (SSSR count). The molecule has 0 aromatic carbocycles. The van der Waals surface area contributed by atoms with Crippen molar-refractivity contribution in [3.63, 3.8) is 0 Å². The van der Waals surface area contributed by atoms with Gasteiger partial charge in [0.1, 0.15) is 0 Å². The van der Waals surface area contributed by atoms with Gasteiger partial charge in [0, 0.05) is 50.9 Å². The highest BCUT2D eigenvalue weighted by atomic mass is 16.2. The lowest BCUT2D eigenvalue weighted by atomic mass is 10.2. The molecule has 18 heavy (non-hydrogen) atoms. The fourth-order valence-corrected chi connectivity index (χ4v) is 1.91. The van der Waals surface area contributed by atoms with Crippen molar-refractivity contribution in [3.05, 3.63) is 18.0 Å². The van der Waals surface area contributed by atoms with Crippen LogP contribution in [0.25, 0.3) is 0 Å². The second-order valence-electron chi connectivity index (χ2n) is 4.44. The molecule has 0 radical (unpaired) electrons. The molecule has 0 saturated carbocycles. The van der Waals surface area contributed by atoms with Crippen LogP contribution < -0.4 is 5.32 Å². The molecule has 5 nitrogen and oxygen atoms in total. The van der Waals surface area contributed by atoms with E-state index in [1.165, 1.54) is 0 Å². The molecule has 1 unspecified atom stereocenters. The largest absolute Gasteiger partial charge is 0.343 e. The second-order valence-corrected chi connectivity index (χ2v) is 4.44. The Kier molecular flexibility index (Phi) is 5.85. The zero-order valence-corrected chi connectivity index (χ0v) is 11.8. The molecule has 0 aliphatic carbocycles. The summed E-state index contributed by atoms with van der Waals surface area (Å²) in [4.78, 5) is 13.7. The lowest BCUT2D eigenvalue weighted by Gasteiger charge is -2.19. The summed E-state index contributed by atoms with van der Waals surface area (Å²) < 4.78 is 1.79. The molecule has 1 atom stereocenters. The van der Waals surface area contributed by atoms with Crippen LogP contribution in [0.3, 0.4) is 0 Å². The summed E-state index contributed by atoms with van der Waals surface area (Å²) in [7, 11) is 1.90. The van der Waals surface area contributed by atoms with E-state index in [9.17, 15) is 4.79 Å². The summed E-state index contributed by atoms with van der Waals surface area (Å²) in [6, 6.07) is 0.225. The molecule has 1 aromatic rings. The van der Waals surface area contributed by atoms with Gasteiger partial charge < -0.3 is 10.2 Å². The van der Waals surface area contributed by atoms with Gasteiger partial charge in [0.15, 0.2) is 0 Å². The third-order valence-corrected chi connectivity index (χ3v) is 3.13. The van der Waals surface area contributed by atoms with Gasteiger partial charge in [-0.3, -0.25) is 9.48 Å². The first kappa shape index (κ1) is 14.7. The monoisotopic (exact) mass is 252 g/mol. The molecular weight excluding hydrogens is 228 g/mol. The zero-order chi connectivity index (χ0) is 13.5. The highest BCUT2D eigenvalue weighted by Gasteiger charge is 2.11. The lowest BCUT2D eigenvalue weighted by molar-refractivity contribution is -0.130. The molecule has 1 heterocycles. The van der Waals surface area contributed by atoms with Crippen LogP contribution in [0.4, 0.5) is 0 Å². The minimum Gasteiger partial charge on any atom is -0.343 e. The fourth-order valence-electron chi connectivity index (χ4n) is 1.91. The van der Waals surface area contributed by atoms with Crippen molar-refractivity contribution < 1.29 is 4.79 Å². The van der Waals surface area contributed by atoms with Gasteiger partial charge in [-0.15, -0.1) is 0 Å². The number of carbonyl (C=O) groups excluding carboxylic acids is 1. The van der Waals surface area contributed by atoms with E-state index < -0.39 is 0 Å². The number of nitrogens with one attached hydrogen (secondary N) is 1. The molecule has 5 heteroatoms. The molecule has 0 saturated heterocycles. The highest BCUT2D eigenvalue weighted by molar-refractivity contribution is 5.76. The van der Waals surface area contributed by atoms with E-state index in [1.807, 2.05) is 38.2 Å². The quantitative estimate of drug-likeness (QED) is 0.796. The maximum atomic E-state index is 11.8. The molecule has 102 valence electrons. The minimum atomic E-state index is 0.214. The zero-order valence-electron chi connectivity index (χ0n) is 11.8. The number of rotatable bonds is 7. The molecular formula is C13H24N4O. The van der Waals surface area contributed by atoms with Crippen LogP contribution >= 0.6 is 0 Å². The Morgan fingerprint density at radius 2 is 2.17 bits per heavy atom. The first-order valence-electron chi connectivity index (χ1n) is 6.58. The molecule has 1 amide bonds. The van der Waals surface area contributed by atoms with Crippen LogP contribution in [-0.2, 0) is 11.8 Å².